The highest BCUT2D eigenvalue weighted by atomic mass is 127. The molecule has 13 heteroatoms. The maximum Gasteiger partial charge on any atom is 0.451 e. The molecule has 2 aromatic heterocycles. The van der Waals surface area contributed by atoms with E-state index < -0.39 is 12.0 Å². The Balaban J connectivity index is 1.34. The highest BCUT2D eigenvalue weighted by Crippen LogP contribution is 2.38. The van der Waals surface area contributed by atoms with Crippen LogP contribution in [0.1, 0.15) is 43.6 Å². The standard InChI is InChI=1S/C27H35F3IN8P/c1-17(2)38-12-9-21(10-13-38)33-25-23-22(34-26(35-25)27(28,29)30)24(36-39(23)40-31)32-14-18(3)15-37-11-8-19-6-4-5-7-20(19)16-37/h4-7,18,21,40H,1,8-16H2,2-3H3,(H,32,36)(H,33,34,35). The van der Waals surface area contributed by atoms with Crippen molar-refractivity contribution in [1.82, 2.24) is 29.3 Å². The summed E-state index contributed by atoms with van der Waals surface area (Å²) in [4.78, 5) is 12.6. The molecular weight excluding hydrogens is 651 g/mol. The molecule has 1 saturated heterocycles. The highest BCUT2D eigenvalue weighted by Gasteiger charge is 2.37. The highest BCUT2D eigenvalue weighted by molar-refractivity contribution is 14.2. The fraction of sp³-hybridized carbons (Fsp3) is 0.519. The van der Waals surface area contributed by atoms with Crippen LogP contribution in [0.5, 0.6) is 0 Å². The van der Waals surface area contributed by atoms with E-state index in [0.717, 1.165) is 57.7 Å². The lowest BCUT2D eigenvalue weighted by molar-refractivity contribution is -0.144. The molecule has 2 N–H and O–H groups in total. The molecule has 4 heterocycles. The Morgan fingerprint density at radius 1 is 1.15 bits per heavy atom. The van der Waals surface area contributed by atoms with Crippen LogP contribution in [0.15, 0.2) is 36.5 Å². The zero-order valence-electron chi connectivity index (χ0n) is 22.7. The molecule has 8 nitrogen and oxygen atoms in total. The summed E-state index contributed by atoms with van der Waals surface area (Å²) in [5.74, 6) is -0.340. The predicted molar refractivity (Wildman–Crippen MR) is 164 cm³/mol. The first-order valence-electron chi connectivity index (χ1n) is 13.6. The normalized spacial score (nSPS) is 17.9. The van der Waals surface area contributed by atoms with Crippen molar-refractivity contribution in [2.24, 2.45) is 5.92 Å². The van der Waals surface area contributed by atoms with E-state index in [1.165, 1.54) is 11.1 Å². The summed E-state index contributed by atoms with van der Waals surface area (Å²) in [6, 6.07) is 8.54. The minimum absolute atomic E-state index is 0.00165. The Morgan fingerprint density at radius 3 is 2.55 bits per heavy atom. The average Bonchev–Trinajstić information content (AvgIpc) is 3.30. The number of piperidine rings is 1. The SMILES string of the molecule is C=C(C)N1CCC(Nc2nc(C(F)(F)F)nc3c(NCC(C)CN4CCc5ccccc5C4)nn(PI)c23)CC1. The monoisotopic (exact) mass is 686 g/mol. The molecule has 3 aromatic rings. The van der Waals surface area contributed by atoms with Crippen molar-refractivity contribution in [3.05, 3.63) is 53.5 Å². The number of aromatic nitrogens is 4. The van der Waals surface area contributed by atoms with Crippen molar-refractivity contribution in [1.29, 1.82) is 0 Å². The smallest absolute Gasteiger partial charge is 0.375 e. The first kappa shape index (κ1) is 29.3. The van der Waals surface area contributed by atoms with Crippen molar-refractivity contribution < 1.29 is 13.2 Å². The van der Waals surface area contributed by atoms with Crippen LogP contribution in [-0.2, 0) is 19.1 Å². The lowest BCUT2D eigenvalue weighted by Gasteiger charge is -2.34. The van der Waals surface area contributed by atoms with Gasteiger partial charge in [0, 0.05) is 51.0 Å². The van der Waals surface area contributed by atoms with E-state index in [0.29, 0.717) is 17.9 Å². The average molecular weight is 687 g/mol. The Kier molecular flexibility index (Phi) is 9.06. The maximum absolute atomic E-state index is 13.9. The molecule has 40 heavy (non-hydrogen) atoms. The van der Waals surface area contributed by atoms with Crippen LogP contribution in [0.25, 0.3) is 11.0 Å². The molecule has 1 aromatic carbocycles. The molecule has 216 valence electrons. The van der Waals surface area contributed by atoms with E-state index in [4.69, 9.17) is 0 Å². The van der Waals surface area contributed by atoms with Gasteiger partial charge < -0.3 is 15.5 Å². The van der Waals surface area contributed by atoms with Crippen LogP contribution in [0.3, 0.4) is 0 Å². The van der Waals surface area contributed by atoms with Gasteiger partial charge in [-0.15, -0.1) is 5.10 Å². The maximum atomic E-state index is 13.9. The van der Waals surface area contributed by atoms with Crippen molar-refractivity contribution in [3.63, 3.8) is 0 Å². The summed E-state index contributed by atoms with van der Waals surface area (Å²) in [6.07, 6.45) is -1.90. The second-order valence-electron chi connectivity index (χ2n) is 10.8. The van der Waals surface area contributed by atoms with Gasteiger partial charge in [-0.25, -0.2) is 14.4 Å². The molecule has 2 aliphatic heterocycles. The van der Waals surface area contributed by atoms with E-state index in [9.17, 15) is 13.2 Å². The van der Waals surface area contributed by atoms with E-state index in [-0.39, 0.29) is 29.7 Å². The molecule has 0 amide bonds. The van der Waals surface area contributed by atoms with Crippen LogP contribution < -0.4 is 10.6 Å². The molecule has 5 rings (SSSR count). The summed E-state index contributed by atoms with van der Waals surface area (Å²) in [6.45, 7) is 13.1. The van der Waals surface area contributed by atoms with Crippen molar-refractivity contribution in [2.75, 3.05) is 43.4 Å². The number of allylic oxidation sites excluding steroid dienone is 1. The second-order valence-corrected chi connectivity index (χ2v) is 12.9. The molecule has 0 radical (unpaired) electrons. The molecule has 0 bridgehead atoms. The van der Waals surface area contributed by atoms with Gasteiger partial charge in [-0.1, -0.05) is 37.8 Å². The first-order valence-corrected chi connectivity index (χ1v) is 17.6. The Hall–Kier alpha value is -2.18. The number of halogens is 4. The molecule has 2 atom stereocenters. The third kappa shape index (κ3) is 6.65. The molecule has 0 saturated carbocycles. The topological polar surface area (TPSA) is 74.1 Å². The number of likely N-dealkylation sites (tertiary alicyclic amines) is 1. The minimum Gasteiger partial charge on any atom is -0.375 e. The van der Waals surface area contributed by atoms with Gasteiger partial charge in [0.2, 0.25) is 5.82 Å². The number of hydrogen-bond acceptors (Lipinski definition) is 7. The number of benzene rings is 1. The molecule has 0 aliphatic carbocycles. The van der Waals surface area contributed by atoms with Crippen LogP contribution in [0, 0.1) is 5.92 Å². The van der Waals surface area contributed by atoms with Crippen molar-refractivity contribution in [3.8, 4) is 0 Å². The second kappa shape index (κ2) is 12.4. The summed E-state index contributed by atoms with van der Waals surface area (Å²) < 4.78 is 43.4. The number of alkyl halides is 3. The lowest BCUT2D eigenvalue weighted by Crippen LogP contribution is -2.38. The number of anilines is 2. The Labute approximate surface area is 247 Å². The van der Waals surface area contributed by atoms with Gasteiger partial charge in [0.25, 0.3) is 0 Å². The molecular formula is C27H35F3IN8P. The molecule has 0 spiro atoms. The zero-order chi connectivity index (χ0) is 28.4. The van der Waals surface area contributed by atoms with Gasteiger partial charge in [-0.05, 0) is 65.3 Å². The van der Waals surface area contributed by atoms with Gasteiger partial charge in [0.05, 0.1) is 6.37 Å². The van der Waals surface area contributed by atoms with Crippen LogP contribution >= 0.6 is 28.4 Å². The van der Waals surface area contributed by atoms with Gasteiger partial charge >= 0.3 is 6.18 Å². The van der Waals surface area contributed by atoms with Crippen LogP contribution in [-0.4, -0.2) is 68.1 Å². The summed E-state index contributed by atoms with van der Waals surface area (Å²) in [7, 11) is 0. The third-order valence-electron chi connectivity index (χ3n) is 7.63. The van der Waals surface area contributed by atoms with E-state index in [2.05, 4.69) is 95.3 Å². The van der Waals surface area contributed by atoms with Crippen LogP contribution in [0.4, 0.5) is 24.8 Å². The molecule has 2 aliphatic rings. The summed E-state index contributed by atoms with van der Waals surface area (Å²) in [5.41, 5.74) is 4.48. The Morgan fingerprint density at radius 2 is 1.88 bits per heavy atom. The van der Waals surface area contributed by atoms with E-state index in [1.54, 1.807) is 4.45 Å². The quantitative estimate of drug-likeness (QED) is 0.207. The third-order valence-corrected chi connectivity index (χ3v) is 9.48. The largest absolute Gasteiger partial charge is 0.451 e. The zero-order valence-corrected chi connectivity index (χ0v) is 25.9. The number of nitrogens with zero attached hydrogens (tertiary/aromatic N) is 6. The lowest BCUT2D eigenvalue weighted by atomic mass is 9.99. The molecule has 1 fully saturated rings. The fourth-order valence-electron chi connectivity index (χ4n) is 5.51. The van der Waals surface area contributed by atoms with Crippen LogP contribution in [0.2, 0.25) is 0 Å². The summed E-state index contributed by atoms with van der Waals surface area (Å²) in [5, 5.41) is 11.3. The van der Waals surface area contributed by atoms with Gasteiger partial charge in [-0.3, -0.25) is 4.90 Å². The van der Waals surface area contributed by atoms with Crippen molar-refractivity contribution in [2.45, 2.75) is 51.9 Å². The fourth-order valence-corrected chi connectivity index (χ4v) is 6.99. The number of rotatable bonds is 9. The van der Waals surface area contributed by atoms with Gasteiger partial charge in [-0.2, -0.15) is 13.2 Å². The van der Waals surface area contributed by atoms with Gasteiger partial charge in [0.15, 0.2) is 11.6 Å². The summed E-state index contributed by atoms with van der Waals surface area (Å²) >= 11 is 2.19. The molecule has 2 unspecified atom stereocenters. The Bertz CT molecular complexity index is 1360. The number of hydrogen-bond donors (Lipinski definition) is 2. The first-order chi connectivity index (χ1) is 19.1. The van der Waals surface area contributed by atoms with Crippen molar-refractivity contribution >= 4 is 51.1 Å². The number of nitrogens with one attached hydrogen (secondary N) is 2. The van der Waals surface area contributed by atoms with E-state index >= 15 is 0 Å². The number of fused-ring (bicyclic) bond motifs is 2. The minimum atomic E-state index is -4.67. The predicted octanol–water partition coefficient (Wildman–Crippen LogP) is 6.15. The van der Waals surface area contributed by atoms with Gasteiger partial charge in [0.1, 0.15) is 11.0 Å². The van der Waals surface area contributed by atoms with E-state index in [1.807, 2.05) is 6.92 Å².